The van der Waals surface area contributed by atoms with Crippen molar-refractivity contribution >= 4 is 17.3 Å². The van der Waals surface area contributed by atoms with E-state index in [1.165, 1.54) is 4.68 Å². The van der Waals surface area contributed by atoms with Gasteiger partial charge in [0.25, 0.3) is 5.56 Å². The first-order chi connectivity index (χ1) is 8.93. The second-order valence-electron chi connectivity index (χ2n) is 5.01. The number of halogens is 1. The lowest BCUT2D eigenvalue weighted by atomic mass is 10.2. The van der Waals surface area contributed by atoms with E-state index in [2.05, 4.69) is 36.2 Å². The summed E-state index contributed by atoms with van der Waals surface area (Å²) in [6, 6.07) is 0.573. The number of aromatic nitrogens is 2. The molecule has 0 aliphatic heterocycles. The molecule has 0 fully saturated rings. The molecule has 0 aliphatic rings. The second-order valence-corrected chi connectivity index (χ2v) is 5.39. The Hall–Kier alpha value is -1.07. The van der Waals surface area contributed by atoms with E-state index in [-0.39, 0.29) is 10.6 Å². The monoisotopic (exact) mass is 286 g/mol. The predicted molar refractivity (Wildman–Crippen MR) is 80.0 cm³/mol. The molecule has 0 saturated carbocycles. The molecule has 0 aliphatic carbocycles. The Labute approximate surface area is 119 Å². The Kier molecular flexibility index (Phi) is 6.31. The third kappa shape index (κ3) is 4.84. The number of hydrogen-bond donors (Lipinski definition) is 1. The van der Waals surface area contributed by atoms with E-state index in [1.54, 1.807) is 13.2 Å². The highest BCUT2D eigenvalue weighted by Gasteiger charge is 2.06. The van der Waals surface area contributed by atoms with Crippen LogP contribution in [-0.4, -0.2) is 40.9 Å². The van der Waals surface area contributed by atoms with Crippen LogP contribution in [0.3, 0.4) is 0 Å². The second kappa shape index (κ2) is 7.50. The Morgan fingerprint density at radius 2 is 2.16 bits per heavy atom. The number of anilines is 1. The van der Waals surface area contributed by atoms with Gasteiger partial charge in [0, 0.05) is 19.6 Å². The fraction of sp³-hybridized carbons (Fsp3) is 0.692. The van der Waals surface area contributed by atoms with Crippen LogP contribution in [0.5, 0.6) is 0 Å². The summed E-state index contributed by atoms with van der Waals surface area (Å²) in [5, 5.41) is 7.30. The van der Waals surface area contributed by atoms with Gasteiger partial charge in [-0.25, -0.2) is 4.68 Å². The van der Waals surface area contributed by atoms with Crippen LogP contribution in [0.4, 0.5) is 5.69 Å². The summed E-state index contributed by atoms with van der Waals surface area (Å²) in [6.07, 6.45) is 3.73. The maximum absolute atomic E-state index is 11.6. The Bertz CT molecular complexity index is 458. The first-order valence-electron chi connectivity index (χ1n) is 6.59. The Morgan fingerprint density at radius 3 is 2.79 bits per heavy atom. The van der Waals surface area contributed by atoms with Gasteiger partial charge in [0.15, 0.2) is 0 Å². The highest BCUT2D eigenvalue weighted by atomic mass is 35.5. The van der Waals surface area contributed by atoms with Crippen molar-refractivity contribution in [3.63, 3.8) is 0 Å². The van der Waals surface area contributed by atoms with E-state index in [0.29, 0.717) is 11.7 Å². The van der Waals surface area contributed by atoms with Gasteiger partial charge in [0.2, 0.25) is 0 Å². The Morgan fingerprint density at radius 1 is 1.47 bits per heavy atom. The first kappa shape index (κ1) is 16.0. The van der Waals surface area contributed by atoms with Gasteiger partial charge in [0.1, 0.15) is 5.02 Å². The topological polar surface area (TPSA) is 50.2 Å². The highest BCUT2D eigenvalue weighted by molar-refractivity contribution is 6.32. The van der Waals surface area contributed by atoms with Crippen molar-refractivity contribution in [2.45, 2.75) is 32.7 Å². The lowest BCUT2D eigenvalue weighted by molar-refractivity contribution is 0.269. The van der Waals surface area contributed by atoms with Crippen LogP contribution >= 0.6 is 11.6 Å². The number of rotatable bonds is 7. The summed E-state index contributed by atoms with van der Waals surface area (Å²) in [4.78, 5) is 13.9. The average Bonchev–Trinajstić information content (AvgIpc) is 2.37. The van der Waals surface area contributed by atoms with Crippen LogP contribution < -0.4 is 10.9 Å². The lowest BCUT2D eigenvalue weighted by Crippen LogP contribution is -2.27. The molecule has 0 spiro atoms. The molecule has 1 N–H and O–H groups in total. The molecule has 0 aromatic carbocycles. The van der Waals surface area contributed by atoms with Crippen molar-refractivity contribution < 1.29 is 0 Å². The van der Waals surface area contributed by atoms with Crippen LogP contribution in [0.1, 0.15) is 26.7 Å². The molecule has 19 heavy (non-hydrogen) atoms. The molecular formula is C13H23ClN4O. The van der Waals surface area contributed by atoms with Crippen molar-refractivity contribution in [1.82, 2.24) is 14.7 Å². The van der Waals surface area contributed by atoms with Gasteiger partial charge < -0.3 is 10.2 Å². The molecular weight excluding hydrogens is 264 g/mol. The SMILES string of the molecule is CC(C)N(C)CCCCNc1cnn(C)c(=O)c1Cl. The maximum Gasteiger partial charge on any atom is 0.287 e. The van der Waals surface area contributed by atoms with Crippen LogP contribution in [-0.2, 0) is 7.05 Å². The molecule has 1 rings (SSSR count). The smallest absolute Gasteiger partial charge is 0.287 e. The fourth-order valence-electron chi connectivity index (χ4n) is 1.60. The lowest BCUT2D eigenvalue weighted by Gasteiger charge is -2.20. The van der Waals surface area contributed by atoms with Crippen molar-refractivity contribution in [3.8, 4) is 0 Å². The molecule has 1 aromatic rings. The number of nitrogens with zero attached hydrogens (tertiary/aromatic N) is 3. The minimum absolute atomic E-state index is 0.205. The van der Waals surface area contributed by atoms with Gasteiger partial charge in [-0.15, -0.1) is 0 Å². The molecule has 0 saturated heterocycles. The molecule has 108 valence electrons. The van der Waals surface area contributed by atoms with Gasteiger partial charge in [-0.2, -0.15) is 5.10 Å². The molecule has 0 radical (unpaired) electrons. The van der Waals surface area contributed by atoms with Crippen molar-refractivity contribution in [2.24, 2.45) is 7.05 Å². The largest absolute Gasteiger partial charge is 0.382 e. The molecule has 1 aromatic heterocycles. The summed E-state index contributed by atoms with van der Waals surface area (Å²) in [6.45, 7) is 6.23. The molecule has 0 atom stereocenters. The summed E-state index contributed by atoms with van der Waals surface area (Å²) in [5.41, 5.74) is 0.341. The number of unbranched alkanes of at least 4 members (excludes halogenated alkanes) is 1. The third-order valence-electron chi connectivity index (χ3n) is 3.21. The quantitative estimate of drug-likeness (QED) is 0.779. The minimum Gasteiger partial charge on any atom is -0.382 e. The number of nitrogens with one attached hydrogen (secondary N) is 1. The highest BCUT2D eigenvalue weighted by Crippen LogP contribution is 2.14. The zero-order valence-electron chi connectivity index (χ0n) is 12.1. The van der Waals surface area contributed by atoms with Gasteiger partial charge in [-0.05, 0) is 40.3 Å². The van der Waals surface area contributed by atoms with E-state index in [1.807, 2.05) is 0 Å². The summed E-state index contributed by atoms with van der Waals surface area (Å²) in [7, 11) is 3.71. The first-order valence-corrected chi connectivity index (χ1v) is 6.97. The van der Waals surface area contributed by atoms with Crippen molar-refractivity contribution in [3.05, 3.63) is 21.6 Å². The van der Waals surface area contributed by atoms with E-state index in [4.69, 9.17) is 11.6 Å². The summed E-state index contributed by atoms with van der Waals surface area (Å²) >= 11 is 5.96. The fourth-order valence-corrected chi connectivity index (χ4v) is 1.84. The molecule has 0 unspecified atom stereocenters. The molecule has 1 heterocycles. The van der Waals surface area contributed by atoms with Gasteiger partial charge >= 0.3 is 0 Å². The molecule has 5 nitrogen and oxygen atoms in total. The van der Waals surface area contributed by atoms with Gasteiger partial charge in [-0.1, -0.05) is 11.6 Å². The van der Waals surface area contributed by atoms with Crippen molar-refractivity contribution in [1.29, 1.82) is 0 Å². The number of aryl methyl sites for hydroxylation is 1. The normalized spacial score (nSPS) is 11.3. The van der Waals surface area contributed by atoms with Crippen molar-refractivity contribution in [2.75, 3.05) is 25.5 Å². The number of hydrogen-bond acceptors (Lipinski definition) is 4. The van der Waals surface area contributed by atoms with E-state index in [9.17, 15) is 4.79 Å². The molecule has 6 heteroatoms. The summed E-state index contributed by atoms with van der Waals surface area (Å²) in [5.74, 6) is 0. The maximum atomic E-state index is 11.6. The van der Waals surface area contributed by atoms with E-state index >= 15 is 0 Å². The third-order valence-corrected chi connectivity index (χ3v) is 3.58. The standard InChI is InChI=1S/C13H23ClN4O/c1-10(2)17(3)8-6-5-7-15-11-9-16-18(4)13(19)12(11)14/h9-10,15H,5-8H2,1-4H3. The Balaban J connectivity index is 2.35. The zero-order valence-corrected chi connectivity index (χ0v) is 12.9. The zero-order chi connectivity index (χ0) is 14.4. The van der Waals surface area contributed by atoms with Crippen LogP contribution in [0, 0.1) is 0 Å². The summed E-state index contributed by atoms with van der Waals surface area (Å²) < 4.78 is 1.23. The minimum atomic E-state index is -0.272. The van der Waals surface area contributed by atoms with Gasteiger partial charge in [-0.3, -0.25) is 4.79 Å². The molecule has 0 bridgehead atoms. The predicted octanol–water partition coefficient (Wildman–Crippen LogP) is 1.97. The van der Waals surface area contributed by atoms with E-state index < -0.39 is 0 Å². The van der Waals surface area contributed by atoms with Crippen LogP contribution in [0.25, 0.3) is 0 Å². The average molecular weight is 287 g/mol. The van der Waals surface area contributed by atoms with E-state index in [0.717, 1.165) is 25.9 Å². The van der Waals surface area contributed by atoms with Crippen LogP contribution in [0.2, 0.25) is 5.02 Å². The van der Waals surface area contributed by atoms with Crippen LogP contribution in [0.15, 0.2) is 11.0 Å². The van der Waals surface area contributed by atoms with Gasteiger partial charge in [0.05, 0.1) is 11.9 Å². The molecule has 0 amide bonds.